The summed E-state index contributed by atoms with van der Waals surface area (Å²) in [4.78, 5) is 2.41. The highest BCUT2D eigenvalue weighted by atomic mass is 19.4. The molecule has 0 aliphatic rings. The van der Waals surface area contributed by atoms with Gasteiger partial charge in [-0.2, -0.15) is 18.3 Å². The number of alkyl halides is 3. The minimum Gasteiger partial charge on any atom is -0.272 e. The number of aryl methyl sites for hydroxylation is 1. The van der Waals surface area contributed by atoms with Gasteiger partial charge in [0, 0.05) is 23.2 Å². The summed E-state index contributed by atoms with van der Waals surface area (Å²) in [6.45, 7) is 1.66. The number of hydrogen-bond acceptors (Lipinski definition) is 2. The maximum atomic E-state index is 12.4. The van der Waals surface area contributed by atoms with Gasteiger partial charge < -0.3 is 0 Å². The summed E-state index contributed by atoms with van der Waals surface area (Å²) in [5.74, 6) is 0. The van der Waals surface area contributed by atoms with Gasteiger partial charge >= 0.3 is 6.18 Å². The molecule has 0 unspecified atom stereocenters. The quantitative estimate of drug-likeness (QED) is 0.437. The molecule has 0 bridgehead atoms. The normalized spacial score (nSPS) is 11.2. The van der Waals surface area contributed by atoms with Crippen LogP contribution in [-0.4, -0.2) is 9.78 Å². The second-order valence-electron chi connectivity index (χ2n) is 2.75. The van der Waals surface area contributed by atoms with Crippen LogP contribution in [0.15, 0.2) is 11.3 Å². The Bertz CT molecular complexity index is 388. The maximum absolute atomic E-state index is 12.4. The molecule has 82 valence electrons. The van der Waals surface area contributed by atoms with Gasteiger partial charge in [0.15, 0.2) is 5.69 Å². The van der Waals surface area contributed by atoms with E-state index in [2.05, 4.69) is 15.1 Å². The Kier molecular flexibility index (Phi) is 3.21. The van der Waals surface area contributed by atoms with Crippen LogP contribution in [0.2, 0.25) is 0 Å². The minimum absolute atomic E-state index is 0.109. The van der Waals surface area contributed by atoms with Crippen LogP contribution in [0.4, 0.5) is 13.2 Å². The van der Waals surface area contributed by atoms with Crippen molar-refractivity contribution in [3.63, 3.8) is 0 Å². The Morgan fingerprint density at radius 1 is 1.60 bits per heavy atom. The molecule has 0 atom stereocenters. The molecule has 15 heavy (non-hydrogen) atoms. The molecule has 1 heterocycles. The van der Waals surface area contributed by atoms with Gasteiger partial charge in [-0.15, -0.1) is 0 Å². The van der Waals surface area contributed by atoms with Crippen LogP contribution in [0.5, 0.6) is 0 Å². The van der Waals surface area contributed by atoms with E-state index in [4.69, 9.17) is 5.53 Å². The summed E-state index contributed by atoms with van der Waals surface area (Å²) < 4.78 is 38.4. The van der Waals surface area contributed by atoms with Gasteiger partial charge in [-0.25, -0.2) is 0 Å². The fourth-order valence-corrected chi connectivity index (χ4v) is 1.09. The minimum atomic E-state index is -4.51. The zero-order valence-corrected chi connectivity index (χ0v) is 7.86. The van der Waals surface area contributed by atoms with Crippen molar-refractivity contribution in [3.05, 3.63) is 27.9 Å². The first-order chi connectivity index (χ1) is 6.99. The topological polar surface area (TPSA) is 66.6 Å². The lowest BCUT2D eigenvalue weighted by atomic mass is 10.2. The first-order valence-corrected chi connectivity index (χ1v) is 4.13. The van der Waals surface area contributed by atoms with E-state index in [0.717, 1.165) is 4.68 Å². The van der Waals surface area contributed by atoms with Gasteiger partial charge in [-0.1, -0.05) is 5.11 Å². The third kappa shape index (κ3) is 2.63. The highest BCUT2D eigenvalue weighted by Gasteiger charge is 2.36. The summed E-state index contributed by atoms with van der Waals surface area (Å²) in [5, 5.41) is 6.45. The molecule has 0 saturated heterocycles. The van der Waals surface area contributed by atoms with Crippen LogP contribution >= 0.6 is 0 Å². The first kappa shape index (κ1) is 11.4. The number of rotatable bonds is 3. The van der Waals surface area contributed by atoms with Crippen LogP contribution in [-0.2, 0) is 19.3 Å². The van der Waals surface area contributed by atoms with Gasteiger partial charge in [0.25, 0.3) is 0 Å². The Balaban J connectivity index is 3.11. The molecule has 1 rings (SSSR count). The largest absolute Gasteiger partial charge is 0.435 e. The molecule has 0 spiro atoms. The van der Waals surface area contributed by atoms with Crippen molar-refractivity contribution in [3.8, 4) is 0 Å². The molecule has 1 aromatic heterocycles. The molecule has 0 aromatic carbocycles. The number of hydrogen-bond donors (Lipinski definition) is 0. The van der Waals surface area contributed by atoms with E-state index in [1.54, 1.807) is 6.92 Å². The number of azide groups is 1. The van der Waals surface area contributed by atoms with Crippen molar-refractivity contribution >= 4 is 0 Å². The summed E-state index contributed by atoms with van der Waals surface area (Å²) in [5.41, 5.74) is 6.94. The van der Waals surface area contributed by atoms with E-state index < -0.39 is 11.9 Å². The number of aromatic nitrogens is 2. The van der Waals surface area contributed by atoms with Crippen LogP contribution in [0.3, 0.4) is 0 Å². The predicted molar refractivity (Wildman–Crippen MR) is 45.8 cm³/mol. The standard InChI is InChI=1S/C7H8F3N5/c1-2-15-4-5(3-12-14-11)6(13-15)7(8,9)10/h4H,2-3H2,1H3. The SMILES string of the molecule is CCn1cc(CN=[N+]=[N-])c(C(F)(F)F)n1. The lowest BCUT2D eigenvalue weighted by Gasteiger charge is -2.03. The summed E-state index contributed by atoms with van der Waals surface area (Å²) in [6.07, 6.45) is -3.28. The maximum Gasteiger partial charge on any atom is 0.435 e. The predicted octanol–water partition coefficient (Wildman–Crippen LogP) is 2.73. The molecule has 0 fully saturated rings. The lowest BCUT2D eigenvalue weighted by Crippen LogP contribution is -2.09. The molecule has 1 aromatic rings. The van der Waals surface area contributed by atoms with E-state index in [-0.39, 0.29) is 12.1 Å². The van der Waals surface area contributed by atoms with Gasteiger partial charge in [0.1, 0.15) is 0 Å². The zero-order valence-electron chi connectivity index (χ0n) is 7.86. The third-order valence-electron chi connectivity index (χ3n) is 1.73. The molecule has 0 aliphatic heterocycles. The van der Waals surface area contributed by atoms with E-state index in [1.165, 1.54) is 6.20 Å². The van der Waals surface area contributed by atoms with Crippen molar-refractivity contribution in [2.45, 2.75) is 26.2 Å². The van der Waals surface area contributed by atoms with Crippen LogP contribution in [0.25, 0.3) is 10.4 Å². The molecule has 0 saturated carbocycles. The molecular weight excluding hydrogens is 211 g/mol. The van der Waals surface area contributed by atoms with E-state index >= 15 is 0 Å². The van der Waals surface area contributed by atoms with Crippen LogP contribution in [0.1, 0.15) is 18.2 Å². The average Bonchev–Trinajstić information content (AvgIpc) is 2.57. The average molecular weight is 219 g/mol. The molecule has 5 nitrogen and oxygen atoms in total. The fourth-order valence-electron chi connectivity index (χ4n) is 1.09. The van der Waals surface area contributed by atoms with Gasteiger partial charge in [-0.3, -0.25) is 4.68 Å². The summed E-state index contributed by atoms with van der Waals surface area (Å²) in [6, 6.07) is 0. The van der Waals surface area contributed by atoms with Crippen molar-refractivity contribution in [1.82, 2.24) is 9.78 Å². The lowest BCUT2D eigenvalue weighted by molar-refractivity contribution is -0.142. The monoisotopic (exact) mass is 219 g/mol. The van der Waals surface area contributed by atoms with Gasteiger partial charge in [0.05, 0.1) is 6.54 Å². The second-order valence-corrected chi connectivity index (χ2v) is 2.75. The molecule has 0 N–H and O–H groups in total. The van der Waals surface area contributed by atoms with Gasteiger partial charge in [0.2, 0.25) is 0 Å². The smallest absolute Gasteiger partial charge is 0.272 e. The molecule has 0 radical (unpaired) electrons. The Hall–Kier alpha value is -1.69. The van der Waals surface area contributed by atoms with E-state index in [1.807, 2.05) is 0 Å². The molecule has 8 heteroatoms. The zero-order chi connectivity index (χ0) is 11.5. The van der Waals surface area contributed by atoms with Crippen molar-refractivity contribution < 1.29 is 13.2 Å². The summed E-state index contributed by atoms with van der Waals surface area (Å²) >= 11 is 0. The van der Waals surface area contributed by atoms with E-state index in [9.17, 15) is 13.2 Å². The van der Waals surface area contributed by atoms with Crippen molar-refractivity contribution in [2.75, 3.05) is 0 Å². The van der Waals surface area contributed by atoms with Crippen LogP contribution < -0.4 is 0 Å². The highest BCUT2D eigenvalue weighted by Crippen LogP contribution is 2.30. The highest BCUT2D eigenvalue weighted by molar-refractivity contribution is 5.20. The Morgan fingerprint density at radius 2 is 2.27 bits per heavy atom. The first-order valence-electron chi connectivity index (χ1n) is 4.13. The number of halogens is 3. The summed E-state index contributed by atoms with van der Waals surface area (Å²) in [7, 11) is 0. The van der Waals surface area contributed by atoms with Crippen molar-refractivity contribution in [1.29, 1.82) is 0 Å². The molecule has 0 amide bonds. The van der Waals surface area contributed by atoms with Crippen LogP contribution in [0, 0.1) is 0 Å². The Morgan fingerprint density at radius 3 is 2.73 bits per heavy atom. The fraction of sp³-hybridized carbons (Fsp3) is 0.571. The second kappa shape index (κ2) is 4.22. The molecular formula is C7H8F3N5. The van der Waals surface area contributed by atoms with Crippen molar-refractivity contribution in [2.24, 2.45) is 5.11 Å². The van der Waals surface area contributed by atoms with E-state index in [0.29, 0.717) is 6.54 Å². The number of nitrogens with zero attached hydrogens (tertiary/aromatic N) is 5. The third-order valence-corrected chi connectivity index (χ3v) is 1.73. The Labute approximate surface area is 83.1 Å². The molecule has 0 aliphatic carbocycles. The van der Waals surface area contributed by atoms with Gasteiger partial charge in [-0.05, 0) is 12.5 Å².